The van der Waals surface area contributed by atoms with E-state index in [0.717, 1.165) is 22.4 Å². The van der Waals surface area contributed by atoms with E-state index in [4.69, 9.17) is 9.47 Å². The van der Waals surface area contributed by atoms with E-state index in [2.05, 4.69) is 0 Å². The molecule has 1 atom stereocenters. The van der Waals surface area contributed by atoms with Gasteiger partial charge in [0.15, 0.2) is 0 Å². The summed E-state index contributed by atoms with van der Waals surface area (Å²) >= 11 is 0. The maximum atomic E-state index is 11.7. The maximum absolute atomic E-state index is 11.7. The molecule has 0 fully saturated rings. The molecule has 1 unspecified atom stereocenters. The molecule has 0 heterocycles. The van der Waals surface area contributed by atoms with Crippen molar-refractivity contribution in [3.05, 3.63) is 59.2 Å². The summed E-state index contributed by atoms with van der Waals surface area (Å²) in [5.41, 5.74) is 2.58. The van der Waals surface area contributed by atoms with Crippen LogP contribution in [-0.2, 0) is 11.2 Å². The summed E-state index contributed by atoms with van der Waals surface area (Å²) in [4.78, 5) is 11.7. The lowest BCUT2D eigenvalue weighted by molar-refractivity contribution is -0.138. The SMILES string of the molecule is COc1ccc(C(Cc2ccccc2OC)C(=O)O)c(C)c1. The molecule has 0 aliphatic rings. The zero-order chi connectivity index (χ0) is 16.1. The van der Waals surface area contributed by atoms with E-state index in [-0.39, 0.29) is 0 Å². The molecule has 0 aliphatic heterocycles. The number of carboxylic acid groups (broad SMARTS) is 1. The van der Waals surface area contributed by atoms with Gasteiger partial charge in [0.05, 0.1) is 20.1 Å². The molecule has 0 amide bonds. The smallest absolute Gasteiger partial charge is 0.311 e. The normalized spacial score (nSPS) is 11.8. The molecule has 4 nitrogen and oxygen atoms in total. The van der Waals surface area contributed by atoms with Crippen molar-refractivity contribution in [2.24, 2.45) is 0 Å². The van der Waals surface area contributed by atoms with E-state index in [0.29, 0.717) is 12.2 Å². The first-order valence-electron chi connectivity index (χ1n) is 7.06. The molecule has 2 rings (SSSR count). The predicted molar refractivity (Wildman–Crippen MR) is 84.8 cm³/mol. The summed E-state index contributed by atoms with van der Waals surface area (Å²) in [7, 11) is 3.19. The van der Waals surface area contributed by atoms with Gasteiger partial charge in [-0.25, -0.2) is 0 Å². The molecule has 0 saturated heterocycles. The highest BCUT2D eigenvalue weighted by molar-refractivity contribution is 5.77. The first-order chi connectivity index (χ1) is 10.6. The van der Waals surface area contributed by atoms with Gasteiger partial charge in [0.25, 0.3) is 0 Å². The van der Waals surface area contributed by atoms with E-state index >= 15 is 0 Å². The molecule has 116 valence electrons. The van der Waals surface area contributed by atoms with Crippen LogP contribution < -0.4 is 9.47 Å². The minimum absolute atomic E-state index is 0.381. The van der Waals surface area contributed by atoms with Crippen molar-refractivity contribution < 1.29 is 19.4 Å². The van der Waals surface area contributed by atoms with Crippen LogP contribution in [0.25, 0.3) is 0 Å². The Hall–Kier alpha value is -2.49. The molecule has 4 heteroatoms. The lowest BCUT2D eigenvalue weighted by Crippen LogP contribution is -2.16. The number of hydrogen-bond acceptors (Lipinski definition) is 3. The lowest BCUT2D eigenvalue weighted by Gasteiger charge is -2.17. The van der Waals surface area contributed by atoms with Gasteiger partial charge < -0.3 is 14.6 Å². The maximum Gasteiger partial charge on any atom is 0.311 e. The Balaban J connectivity index is 2.37. The number of aliphatic carboxylic acids is 1. The largest absolute Gasteiger partial charge is 0.497 e. The van der Waals surface area contributed by atoms with Crippen molar-refractivity contribution in [1.29, 1.82) is 0 Å². The number of rotatable bonds is 6. The molecule has 0 radical (unpaired) electrons. The molecule has 0 aromatic heterocycles. The van der Waals surface area contributed by atoms with Crippen LogP contribution in [0.15, 0.2) is 42.5 Å². The Morgan fingerprint density at radius 3 is 2.45 bits per heavy atom. The quantitative estimate of drug-likeness (QED) is 0.888. The number of methoxy groups -OCH3 is 2. The third kappa shape index (κ3) is 3.39. The lowest BCUT2D eigenvalue weighted by atomic mass is 9.89. The molecule has 2 aromatic carbocycles. The van der Waals surface area contributed by atoms with Crippen molar-refractivity contribution >= 4 is 5.97 Å². The van der Waals surface area contributed by atoms with Gasteiger partial charge in [-0.2, -0.15) is 0 Å². The second-order valence-corrected chi connectivity index (χ2v) is 5.13. The van der Waals surface area contributed by atoms with Crippen molar-refractivity contribution in [2.75, 3.05) is 14.2 Å². The molecule has 1 N–H and O–H groups in total. The van der Waals surface area contributed by atoms with Crippen LogP contribution in [0.3, 0.4) is 0 Å². The van der Waals surface area contributed by atoms with Crippen molar-refractivity contribution in [2.45, 2.75) is 19.3 Å². The fourth-order valence-electron chi connectivity index (χ4n) is 2.59. The van der Waals surface area contributed by atoms with Crippen LogP contribution in [0.5, 0.6) is 11.5 Å². The number of ether oxygens (including phenoxy) is 2. The van der Waals surface area contributed by atoms with Gasteiger partial charge in [-0.15, -0.1) is 0 Å². The molecule has 0 bridgehead atoms. The minimum atomic E-state index is -0.848. The third-order valence-electron chi connectivity index (χ3n) is 3.77. The zero-order valence-corrected chi connectivity index (χ0v) is 13.0. The van der Waals surface area contributed by atoms with Crippen molar-refractivity contribution in [1.82, 2.24) is 0 Å². The van der Waals surface area contributed by atoms with E-state index < -0.39 is 11.9 Å². The van der Waals surface area contributed by atoms with Gasteiger partial charge in [0.2, 0.25) is 0 Å². The van der Waals surface area contributed by atoms with Crippen LogP contribution in [0.2, 0.25) is 0 Å². The van der Waals surface area contributed by atoms with Crippen LogP contribution in [0, 0.1) is 6.92 Å². The van der Waals surface area contributed by atoms with E-state index in [9.17, 15) is 9.90 Å². The number of benzene rings is 2. The number of aryl methyl sites for hydroxylation is 1. The van der Waals surface area contributed by atoms with Gasteiger partial charge in [-0.1, -0.05) is 24.3 Å². The Labute approximate surface area is 130 Å². The molecular weight excluding hydrogens is 280 g/mol. The minimum Gasteiger partial charge on any atom is -0.497 e. The Morgan fingerprint density at radius 1 is 1.14 bits per heavy atom. The molecular formula is C18H20O4. The standard InChI is InChI=1S/C18H20O4/c1-12-10-14(21-2)8-9-15(12)16(18(19)20)11-13-6-4-5-7-17(13)22-3/h4-10,16H,11H2,1-3H3,(H,19,20). The first kappa shape index (κ1) is 15.9. The monoisotopic (exact) mass is 300 g/mol. The zero-order valence-electron chi connectivity index (χ0n) is 13.0. The third-order valence-corrected chi connectivity index (χ3v) is 3.77. The second kappa shape index (κ2) is 6.98. The summed E-state index contributed by atoms with van der Waals surface area (Å²) in [5, 5.41) is 9.63. The Bertz CT molecular complexity index is 664. The fraction of sp³-hybridized carbons (Fsp3) is 0.278. The van der Waals surface area contributed by atoms with Crippen molar-refractivity contribution in [3.63, 3.8) is 0 Å². The Kier molecular flexibility index (Phi) is 5.04. The van der Waals surface area contributed by atoms with Crippen LogP contribution >= 0.6 is 0 Å². The Morgan fingerprint density at radius 2 is 1.86 bits per heavy atom. The number of carboxylic acids is 1. The summed E-state index contributed by atoms with van der Waals surface area (Å²) in [6.07, 6.45) is 0.381. The van der Waals surface area contributed by atoms with Gasteiger partial charge in [0.1, 0.15) is 11.5 Å². The summed E-state index contributed by atoms with van der Waals surface area (Å²) in [6.45, 7) is 1.90. The van der Waals surface area contributed by atoms with Crippen LogP contribution in [0.4, 0.5) is 0 Å². The molecule has 0 spiro atoms. The average Bonchev–Trinajstić information content (AvgIpc) is 2.53. The molecule has 0 aliphatic carbocycles. The topological polar surface area (TPSA) is 55.8 Å². The van der Waals surface area contributed by atoms with Crippen LogP contribution in [0.1, 0.15) is 22.6 Å². The molecule has 2 aromatic rings. The molecule has 22 heavy (non-hydrogen) atoms. The average molecular weight is 300 g/mol. The number of carbonyl (C=O) groups is 1. The number of para-hydroxylation sites is 1. The second-order valence-electron chi connectivity index (χ2n) is 5.13. The summed E-state index contributed by atoms with van der Waals surface area (Å²) in [6, 6.07) is 13.0. The van der Waals surface area contributed by atoms with E-state index in [1.165, 1.54) is 0 Å². The highest BCUT2D eigenvalue weighted by Crippen LogP contribution is 2.30. The highest BCUT2D eigenvalue weighted by Gasteiger charge is 2.23. The highest BCUT2D eigenvalue weighted by atomic mass is 16.5. The van der Waals surface area contributed by atoms with Crippen molar-refractivity contribution in [3.8, 4) is 11.5 Å². The van der Waals surface area contributed by atoms with E-state index in [1.54, 1.807) is 20.3 Å². The fourth-order valence-corrected chi connectivity index (χ4v) is 2.59. The first-order valence-corrected chi connectivity index (χ1v) is 7.06. The van der Waals surface area contributed by atoms with Gasteiger partial charge in [-0.3, -0.25) is 4.79 Å². The van der Waals surface area contributed by atoms with Gasteiger partial charge >= 0.3 is 5.97 Å². The van der Waals surface area contributed by atoms with E-state index in [1.807, 2.05) is 43.3 Å². The number of hydrogen-bond donors (Lipinski definition) is 1. The molecule has 0 saturated carbocycles. The summed E-state index contributed by atoms with van der Waals surface area (Å²) < 4.78 is 10.5. The van der Waals surface area contributed by atoms with Crippen LogP contribution in [-0.4, -0.2) is 25.3 Å². The van der Waals surface area contributed by atoms with Gasteiger partial charge in [0, 0.05) is 0 Å². The predicted octanol–water partition coefficient (Wildman–Crippen LogP) is 3.42. The van der Waals surface area contributed by atoms with Gasteiger partial charge in [-0.05, 0) is 48.2 Å². The summed E-state index contributed by atoms with van der Waals surface area (Å²) in [5.74, 6) is -0.0380.